The van der Waals surface area contributed by atoms with Crippen molar-refractivity contribution >= 4 is 17.7 Å². The number of rotatable bonds is 3. The molecule has 0 spiro atoms. The molecule has 0 aromatic carbocycles. The van der Waals surface area contributed by atoms with E-state index in [4.69, 9.17) is 0 Å². The summed E-state index contributed by atoms with van der Waals surface area (Å²) in [6.07, 6.45) is 7.26. The van der Waals surface area contributed by atoms with Crippen LogP contribution in [0.3, 0.4) is 0 Å². The van der Waals surface area contributed by atoms with Gasteiger partial charge in [-0.2, -0.15) is 0 Å². The highest BCUT2D eigenvalue weighted by atomic mass is 16.2. The summed E-state index contributed by atoms with van der Waals surface area (Å²) in [5.41, 5.74) is 0. The third-order valence-electron chi connectivity index (χ3n) is 5.73. The number of hydrogen-bond donors (Lipinski definition) is 0. The molecule has 3 amide bonds. The van der Waals surface area contributed by atoms with E-state index < -0.39 is 0 Å². The van der Waals surface area contributed by atoms with E-state index in [-0.39, 0.29) is 17.8 Å². The minimum atomic E-state index is 0.174. The van der Waals surface area contributed by atoms with Crippen LogP contribution in [0.1, 0.15) is 80.1 Å². The van der Waals surface area contributed by atoms with E-state index in [1.807, 2.05) is 56.2 Å². The fourth-order valence-electron chi connectivity index (χ4n) is 3.68. The van der Waals surface area contributed by atoms with Crippen molar-refractivity contribution in [2.24, 2.45) is 17.8 Å². The van der Waals surface area contributed by atoms with E-state index in [0.717, 1.165) is 39.3 Å². The van der Waals surface area contributed by atoms with Gasteiger partial charge in [0.25, 0.3) is 0 Å². The highest BCUT2D eigenvalue weighted by Gasteiger charge is 2.22. The Balaban J connectivity index is 0.000000226. The van der Waals surface area contributed by atoms with E-state index in [2.05, 4.69) is 0 Å². The molecule has 0 radical (unpaired) electrons. The number of likely N-dealkylation sites (tertiary alicyclic amines) is 3. The van der Waals surface area contributed by atoms with Gasteiger partial charge in [0.1, 0.15) is 0 Å². The van der Waals surface area contributed by atoms with Crippen molar-refractivity contribution in [2.45, 2.75) is 80.1 Å². The van der Waals surface area contributed by atoms with E-state index in [9.17, 15) is 14.4 Å². The first-order valence-electron chi connectivity index (χ1n) is 12.0. The smallest absolute Gasteiger partial charge is 0.225 e. The van der Waals surface area contributed by atoms with E-state index >= 15 is 0 Å². The van der Waals surface area contributed by atoms with Crippen LogP contribution in [0.25, 0.3) is 0 Å². The number of carbonyl (C=O) groups is 3. The molecule has 174 valence electrons. The molecule has 3 aliphatic heterocycles. The number of hydrogen-bond acceptors (Lipinski definition) is 3. The Hall–Kier alpha value is -1.59. The van der Waals surface area contributed by atoms with E-state index in [1.165, 1.54) is 38.5 Å². The molecule has 0 bridgehead atoms. The Kier molecular flexibility index (Phi) is 12.0. The lowest BCUT2D eigenvalue weighted by Crippen LogP contribution is -2.44. The molecule has 3 fully saturated rings. The van der Waals surface area contributed by atoms with Crippen molar-refractivity contribution in [1.82, 2.24) is 14.7 Å². The highest BCUT2D eigenvalue weighted by molar-refractivity contribution is 5.79. The van der Waals surface area contributed by atoms with Crippen LogP contribution >= 0.6 is 0 Å². The number of carbonyl (C=O) groups excluding carboxylic acids is 3. The minimum absolute atomic E-state index is 0.174. The Morgan fingerprint density at radius 2 is 0.667 bits per heavy atom. The van der Waals surface area contributed by atoms with Gasteiger partial charge in [-0.3, -0.25) is 14.4 Å². The van der Waals surface area contributed by atoms with Gasteiger partial charge in [0.05, 0.1) is 0 Å². The van der Waals surface area contributed by atoms with Crippen LogP contribution in [0.2, 0.25) is 0 Å². The lowest BCUT2D eigenvalue weighted by molar-refractivity contribution is -0.138. The fraction of sp³-hybridized carbons (Fsp3) is 0.875. The molecule has 6 heteroatoms. The van der Waals surface area contributed by atoms with Gasteiger partial charge in [-0.05, 0) is 38.5 Å². The lowest BCUT2D eigenvalue weighted by Gasteiger charge is -2.32. The van der Waals surface area contributed by atoms with E-state index in [0.29, 0.717) is 17.7 Å². The average Bonchev–Trinajstić information content (AvgIpc) is 3.21. The maximum atomic E-state index is 11.4. The van der Waals surface area contributed by atoms with Gasteiger partial charge in [-0.1, -0.05) is 41.5 Å². The average molecular weight is 424 g/mol. The van der Waals surface area contributed by atoms with Crippen molar-refractivity contribution in [2.75, 3.05) is 39.3 Å². The van der Waals surface area contributed by atoms with Crippen molar-refractivity contribution < 1.29 is 14.4 Å². The Bertz CT molecular complexity index is 530. The molecule has 3 rings (SSSR count). The van der Waals surface area contributed by atoms with Crippen molar-refractivity contribution in [1.29, 1.82) is 0 Å². The van der Waals surface area contributed by atoms with Crippen LogP contribution in [0.5, 0.6) is 0 Å². The molecule has 0 N–H and O–H groups in total. The molecule has 0 aromatic heterocycles. The molecule has 3 aliphatic rings. The Labute approximate surface area is 184 Å². The lowest BCUT2D eigenvalue weighted by atomic mass is 10.1. The van der Waals surface area contributed by atoms with E-state index in [1.54, 1.807) is 0 Å². The van der Waals surface area contributed by atoms with Crippen LogP contribution < -0.4 is 0 Å². The maximum Gasteiger partial charge on any atom is 0.225 e. The molecule has 0 aliphatic carbocycles. The van der Waals surface area contributed by atoms with Gasteiger partial charge in [0.15, 0.2) is 0 Å². The van der Waals surface area contributed by atoms with Crippen LogP contribution in [0.15, 0.2) is 0 Å². The largest absolute Gasteiger partial charge is 0.342 e. The predicted octanol–water partition coefficient (Wildman–Crippen LogP) is 3.79. The fourth-order valence-corrected chi connectivity index (χ4v) is 3.68. The zero-order chi connectivity index (χ0) is 22.7. The summed E-state index contributed by atoms with van der Waals surface area (Å²) in [5.74, 6) is 1.49. The maximum absolute atomic E-state index is 11.4. The summed E-state index contributed by atoms with van der Waals surface area (Å²) in [4.78, 5) is 39.6. The normalized spacial score (nSPS) is 18.5. The van der Waals surface area contributed by atoms with Gasteiger partial charge >= 0.3 is 0 Å². The summed E-state index contributed by atoms with van der Waals surface area (Å²) in [7, 11) is 0. The molecule has 0 atom stereocenters. The van der Waals surface area contributed by atoms with Crippen LogP contribution in [0, 0.1) is 17.8 Å². The van der Waals surface area contributed by atoms with Crippen LogP contribution in [0.4, 0.5) is 0 Å². The van der Waals surface area contributed by atoms with Gasteiger partial charge in [0, 0.05) is 57.0 Å². The first-order valence-corrected chi connectivity index (χ1v) is 12.0. The standard InChI is InChI=1S/C9H17NO.C8H15NO.C7H13NO/c1-8(2)9(11)10-6-4-3-5-7-10;1-7(2)8(10)9-5-3-4-6-9;1-6(2)7(9)8-4-3-5-8/h8H,3-7H2,1-2H3;7H,3-6H2,1-2H3;6H,3-5H2,1-2H3. The molecule has 3 heterocycles. The second kappa shape index (κ2) is 13.7. The number of piperidine rings is 1. The van der Waals surface area contributed by atoms with Gasteiger partial charge in [0.2, 0.25) is 17.7 Å². The zero-order valence-corrected chi connectivity index (χ0v) is 20.3. The van der Waals surface area contributed by atoms with Crippen LogP contribution in [-0.2, 0) is 14.4 Å². The first-order chi connectivity index (χ1) is 14.1. The van der Waals surface area contributed by atoms with Gasteiger partial charge in [-0.15, -0.1) is 0 Å². The Morgan fingerprint density at radius 3 is 0.867 bits per heavy atom. The number of amides is 3. The summed E-state index contributed by atoms with van der Waals surface area (Å²) in [5, 5.41) is 0. The van der Waals surface area contributed by atoms with Crippen molar-refractivity contribution in [3.8, 4) is 0 Å². The third kappa shape index (κ3) is 9.05. The summed E-state index contributed by atoms with van der Waals surface area (Å²) < 4.78 is 0. The van der Waals surface area contributed by atoms with Gasteiger partial charge < -0.3 is 14.7 Å². The molecular formula is C24H45N3O3. The highest BCUT2D eigenvalue weighted by Crippen LogP contribution is 2.12. The van der Waals surface area contributed by atoms with Crippen LogP contribution in [-0.4, -0.2) is 71.7 Å². The molecule has 3 saturated heterocycles. The SMILES string of the molecule is CC(C)C(=O)N1CCC1.CC(C)C(=O)N1CCCC1.CC(C)C(=O)N1CCCCC1. The molecule has 6 nitrogen and oxygen atoms in total. The van der Waals surface area contributed by atoms with Gasteiger partial charge in [-0.25, -0.2) is 0 Å². The second-order valence-corrected chi connectivity index (χ2v) is 9.56. The third-order valence-corrected chi connectivity index (χ3v) is 5.73. The number of nitrogens with zero attached hydrogens (tertiary/aromatic N) is 3. The zero-order valence-electron chi connectivity index (χ0n) is 20.3. The summed E-state index contributed by atoms with van der Waals surface area (Å²) in [6.45, 7) is 17.6. The van der Waals surface area contributed by atoms with Crippen molar-refractivity contribution in [3.05, 3.63) is 0 Å². The first kappa shape index (κ1) is 26.4. The topological polar surface area (TPSA) is 60.9 Å². The molecular weight excluding hydrogens is 378 g/mol. The summed E-state index contributed by atoms with van der Waals surface area (Å²) in [6, 6.07) is 0. The molecule has 0 saturated carbocycles. The summed E-state index contributed by atoms with van der Waals surface area (Å²) >= 11 is 0. The molecule has 0 unspecified atom stereocenters. The monoisotopic (exact) mass is 423 g/mol. The van der Waals surface area contributed by atoms with Crippen molar-refractivity contribution in [3.63, 3.8) is 0 Å². The second-order valence-electron chi connectivity index (χ2n) is 9.56. The Morgan fingerprint density at radius 1 is 0.433 bits per heavy atom. The quantitative estimate of drug-likeness (QED) is 0.694. The molecule has 0 aromatic rings. The predicted molar refractivity (Wildman–Crippen MR) is 122 cm³/mol. The minimum Gasteiger partial charge on any atom is -0.342 e. The molecule has 30 heavy (non-hydrogen) atoms.